The molecule has 110 valence electrons. The Bertz CT molecular complexity index is 856. The van der Waals surface area contributed by atoms with Crippen LogP contribution in [0.3, 0.4) is 0 Å². The molecule has 0 heterocycles. The number of halogens is 5. The predicted molar refractivity (Wildman–Crippen MR) is 78.2 cm³/mol. The maximum atomic E-state index is 14.0. The molecule has 2 rings (SSSR count). The lowest BCUT2D eigenvalue weighted by Crippen LogP contribution is -2.06. The Labute approximate surface area is 136 Å². The Morgan fingerprint density at radius 3 is 2.18 bits per heavy atom. The normalized spacial score (nSPS) is 9.95. The summed E-state index contributed by atoms with van der Waals surface area (Å²) in [4.78, 5) is 0. The molecule has 0 aliphatic heterocycles. The van der Waals surface area contributed by atoms with E-state index in [4.69, 9.17) is 22.1 Å². The van der Waals surface area contributed by atoms with Crippen LogP contribution >= 0.6 is 27.5 Å². The van der Waals surface area contributed by atoms with Gasteiger partial charge in [0.05, 0.1) is 16.4 Å². The van der Waals surface area contributed by atoms with Gasteiger partial charge in [-0.15, -0.1) is 0 Å². The summed E-state index contributed by atoms with van der Waals surface area (Å²) in [6.07, 6.45) is 0. The minimum atomic E-state index is -1.67. The van der Waals surface area contributed by atoms with Crippen LogP contribution in [0.1, 0.15) is 11.1 Å². The second-order valence-corrected chi connectivity index (χ2v) is 5.36. The maximum Gasteiger partial charge on any atom is 0.185 e. The molecule has 8 heteroatoms. The largest absolute Gasteiger partial charge is 0.351 e. The first-order valence-corrected chi connectivity index (χ1v) is 6.80. The smallest absolute Gasteiger partial charge is 0.185 e. The minimum Gasteiger partial charge on any atom is -0.351 e. The summed E-state index contributed by atoms with van der Waals surface area (Å²) in [5.41, 5.74) is -2.54. The molecule has 1 N–H and O–H groups in total. The maximum absolute atomic E-state index is 14.0. The minimum absolute atomic E-state index is 0.142. The zero-order valence-electron chi connectivity index (χ0n) is 10.5. The third kappa shape index (κ3) is 2.74. The molecule has 0 bridgehead atoms. The lowest BCUT2D eigenvalue weighted by molar-refractivity contribution is 0.493. The van der Waals surface area contributed by atoms with Crippen LogP contribution < -0.4 is 5.32 Å². The summed E-state index contributed by atoms with van der Waals surface area (Å²) in [7, 11) is 0. The molecule has 0 aromatic heterocycles. The van der Waals surface area contributed by atoms with Gasteiger partial charge in [-0.3, -0.25) is 0 Å². The summed E-state index contributed by atoms with van der Waals surface area (Å²) < 4.78 is 42.2. The van der Waals surface area contributed by atoms with Gasteiger partial charge in [0.1, 0.15) is 23.3 Å². The average Bonchev–Trinajstić information content (AvgIpc) is 2.48. The molecule has 0 aliphatic carbocycles. The number of anilines is 2. The van der Waals surface area contributed by atoms with Crippen LogP contribution in [0.2, 0.25) is 5.02 Å². The molecule has 0 unspecified atom stereocenters. The van der Waals surface area contributed by atoms with Crippen molar-refractivity contribution in [1.29, 1.82) is 10.5 Å². The molecule has 0 saturated carbocycles. The molecule has 0 spiro atoms. The number of nitriles is 2. The summed E-state index contributed by atoms with van der Waals surface area (Å²) in [5.74, 6) is -4.64. The third-order valence-electron chi connectivity index (χ3n) is 2.74. The summed E-state index contributed by atoms with van der Waals surface area (Å²) in [5, 5.41) is 20.1. The molecule has 22 heavy (non-hydrogen) atoms. The molecule has 3 nitrogen and oxygen atoms in total. The number of hydrogen-bond acceptors (Lipinski definition) is 3. The zero-order valence-corrected chi connectivity index (χ0v) is 12.9. The Morgan fingerprint density at radius 2 is 1.64 bits per heavy atom. The van der Waals surface area contributed by atoms with Gasteiger partial charge in [0.15, 0.2) is 17.5 Å². The molecule has 0 radical (unpaired) electrons. The second kappa shape index (κ2) is 6.27. The highest BCUT2D eigenvalue weighted by atomic mass is 79.9. The number of rotatable bonds is 2. The van der Waals surface area contributed by atoms with Crippen molar-refractivity contribution in [3.05, 3.63) is 56.3 Å². The molecule has 0 atom stereocenters. The lowest BCUT2D eigenvalue weighted by Gasteiger charge is -2.13. The van der Waals surface area contributed by atoms with Crippen LogP contribution in [-0.4, -0.2) is 0 Å². The van der Waals surface area contributed by atoms with Crippen molar-refractivity contribution in [2.45, 2.75) is 0 Å². The van der Waals surface area contributed by atoms with Crippen molar-refractivity contribution in [2.75, 3.05) is 5.32 Å². The van der Waals surface area contributed by atoms with Gasteiger partial charge in [-0.25, -0.2) is 13.2 Å². The number of benzene rings is 2. The van der Waals surface area contributed by atoms with E-state index in [1.54, 1.807) is 6.07 Å². The summed E-state index contributed by atoms with van der Waals surface area (Å²) in [6.45, 7) is 0. The van der Waals surface area contributed by atoms with Gasteiger partial charge in [0.2, 0.25) is 0 Å². The Balaban J connectivity index is 2.66. The van der Waals surface area contributed by atoms with E-state index in [1.807, 2.05) is 0 Å². The van der Waals surface area contributed by atoms with Gasteiger partial charge in [-0.05, 0) is 18.2 Å². The predicted octanol–water partition coefficient (Wildman–Crippen LogP) is 5.01. The van der Waals surface area contributed by atoms with E-state index in [1.165, 1.54) is 24.3 Å². The molecular weight excluding hydrogens is 383 g/mol. The van der Waals surface area contributed by atoms with Crippen molar-refractivity contribution < 1.29 is 13.2 Å². The van der Waals surface area contributed by atoms with Gasteiger partial charge < -0.3 is 5.32 Å². The Hall–Kier alpha value is -2.22. The van der Waals surface area contributed by atoms with Crippen LogP contribution in [0.5, 0.6) is 0 Å². The topological polar surface area (TPSA) is 59.6 Å². The Morgan fingerprint density at radius 1 is 1.00 bits per heavy atom. The SMILES string of the molecule is N#Cc1c(F)c(F)c(Nc2ccc(Br)cc2Cl)c(C#N)c1F. The first kappa shape index (κ1) is 16.2. The van der Waals surface area contributed by atoms with E-state index in [-0.39, 0.29) is 10.7 Å². The molecule has 0 aliphatic rings. The number of nitrogens with one attached hydrogen (secondary N) is 1. The van der Waals surface area contributed by atoms with Gasteiger partial charge in [0.25, 0.3) is 0 Å². The molecule has 2 aromatic carbocycles. The standard InChI is InChI=1S/C14H4BrClF3N3/c15-6-1-2-10(9(16)3-6)22-14-8(5-21)11(17)7(4-20)12(18)13(14)19/h1-3,22H. The third-order valence-corrected chi connectivity index (χ3v) is 3.54. The van der Waals surface area contributed by atoms with Gasteiger partial charge >= 0.3 is 0 Å². The molecule has 0 amide bonds. The van der Waals surface area contributed by atoms with Crippen molar-refractivity contribution in [2.24, 2.45) is 0 Å². The molecular formula is C14H4BrClF3N3. The van der Waals surface area contributed by atoms with E-state index >= 15 is 0 Å². The highest BCUT2D eigenvalue weighted by Gasteiger charge is 2.25. The second-order valence-electron chi connectivity index (χ2n) is 4.04. The van der Waals surface area contributed by atoms with E-state index in [0.29, 0.717) is 4.47 Å². The first-order valence-electron chi connectivity index (χ1n) is 5.63. The van der Waals surface area contributed by atoms with E-state index < -0.39 is 34.3 Å². The monoisotopic (exact) mass is 385 g/mol. The summed E-state index contributed by atoms with van der Waals surface area (Å²) in [6, 6.07) is 7.07. The van der Waals surface area contributed by atoms with Crippen LogP contribution in [0.4, 0.5) is 24.5 Å². The first-order chi connectivity index (χ1) is 10.4. The Kier molecular flexibility index (Phi) is 4.60. The van der Waals surface area contributed by atoms with Gasteiger partial charge in [0, 0.05) is 4.47 Å². The molecule has 2 aromatic rings. The molecule has 0 saturated heterocycles. The van der Waals surface area contributed by atoms with Crippen LogP contribution in [0.25, 0.3) is 0 Å². The lowest BCUT2D eigenvalue weighted by atomic mass is 10.1. The van der Waals surface area contributed by atoms with Crippen molar-refractivity contribution in [3.63, 3.8) is 0 Å². The van der Waals surface area contributed by atoms with E-state index in [9.17, 15) is 13.2 Å². The summed E-state index contributed by atoms with van der Waals surface area (Å²) >= 11 is 9.10. The quantitative estimate of drug-likeness (QED) is 0.738. The fourth-order valence-corrected chi connectivity index (χ4v) is 2.43. The van der Waals surface area contributed by atoms with Gasteiger partial charge in [-0.1, -0.05) is 27.5 Å². The highest BCUT2D eigenvalue weighted by Crippen LogP contribution is 2.34. The fourth-order valence-electron chi connectivity index (χ4n) is 1.71. The van der Waals surface area contributed by atoms with Crippen molar-refractivity contribution in [3.8, 4) is 12.1 Å². The van der Waals surface area contributed by atoms with Gasteiger partial charge in [-0.2, -0.15) is 10.5 Å². The molecule has 0 fully saturated rings. The van der Waals surface area contributed by atoms with Crippen molar-refractivity contribution >= 4 is 38.9 Å². The number of hydrogen-bond donors (Lipinski definition) is 1. The number of nitrogens with zero attached hydrogens (tertiary/aromatic N) is 2. The van der Waals surface area contributed by atoms with E-state index in [2.05, 4.69) is 21.2 Å². The average molecular weight is 387 g/mol. The van der Waals surface area contributed by atoms with Crippen LogP contribution in [-0.2, 0) is 0 Å². The fraction of sp³-hybridized carbons (Fsp3) is 0. The van der Waals surface area contributed by atoms with Crippen LogP contribution in [0, 0.1) is 40.1 Å². The highest BCUT2D eigenvalue weighted by molar-refractivity contribution is 9.10. The van der Waals surface area contributed by atoms with Crippen LogP contribution in [0.15, 0.2) is 22.7 Å². The van der Waals surface area contributed by atoms with Crippen molar-refractivity contribution in [1.82, 2.24) is 0 Å². The zero-order chi connectivity index (χ0) is 16.4. The van der Waals surface area contributed by atoms with E-state index in [0.717, 1.165) is 0 Å².